The Bertz CT molecular complexity index is 203. The van der Waals surface area contributed by atoms with Crippen molar-refractivity contribution in [1.82, 2.24) is 5.32 Å². The number of nitrogens with one attached hydrogen (secondary N) is 1. The lowest BCUT2D eigenvalue weighted by atomic mass is 10.2. The average molecular weight is 187 g/mol. The Morgan fingerprint density at radius 2 is 2.31 bits per heavy atom. The van der Waals surface area contributed by atoms with Crippen molar-refractivity contribution < 1.29 is 14.6 Å². The maximum absolute atomic E-state index is 10.7. The Kier molecular flexibility index (Phi) is 2.93. The van der Waals surface area contributed by atoms with E-state index in [1.807, 2.05) is 0 Å². The van der Waals surface area contributed by atoms with Gasteiger partial charge in [0.15, 0.2) is 0 Å². The number of hydrogen-bond acceptors (Lipinski definition) is 3. The maximum atomic E-state index is 10.7. The van der Waals surface area contributed by atoms with Crippen molar-refractivity contribution in [3.05, 3.63) is 0 Å². The quantitative estimate of drug-likeness (QED) is 0.657. The van der Waals surface area contributed by atoms with Crippen molar-refractivity contribution in [2.75, 3.05) is 13.7 Å². The van der Waals surface area contributed by atoms with Crippen molar-refractivity contribution in [2.24, 2.45) is 5.41 Å². The van der Waals surface area contributed by atoms with Crippen LogP contribution in [0.2, 0.25) is 0 Å². The van der Waals surface area contributed by atoms with Gasteiger partial charge >= 0.3 is 5.97 Å². The summed E-state index contributed by atoms with van der Waals surface area (Å²) in [6, 6.07) is -0.250. The van der Waals surface area contributed by atoms with Crippen molar-refractivity contribution in [3.63, 3.8) is 0 Å². The molecule has 4 heteroatoms. The fourth-order valence-electron chi connectivity index (χ4n) is 1.35. The number of hydrogen-bond donors (Lipinski definition) is 2. The van der Waals surface area contributed by atoms with Crippen LogP contribution in [-0.2, 0) is 9.53 Å². The minimum absolute atomic E-state index is 0.224. The summed E-state index contributed by atoms with van der Waals surface area (Å²) in [6.45, 7) is 4.47. The number of carboxylic acid groups (broad SMARTS) is 1. The third-order valence-electron chi connectivity index (χ3n) is 2.55. The number of methoxy groups -OCH3 is 1. The third-order valence-corrected chi connectivity index (χ3v) is 2.55. The van der Waals surface area contributed by atoms with Crippen LogP contribution in [0.15, 0.2) is 0 Å². The standard InChI is InChI=1S/C9H17NO3/c1-9(2)4-7(9)10-6(5-13-3)8(11)12/h6-7,10H,4-5H2,1-3H3,(H,11,12). The van der Waals surface area contributed by atoms with Gasteiger partial charge in [-0.15, -0.1) is 0 Å². The first-order chi connectivity index (χ1) is 5.97. The van der Waals surface area contributed by atoms with Gasteiger partial charge in [-0.1, -0.05) is 13.8 Å². The minimum Gasteiger partial charge on any atom is -0.480 e. The zero-order valence-corrected chi connectivity index (χ0v) is 8.33. The van der Waals surface area contributed by atoms with Gasteiger partial charge in [-0.05, 0) is 11.8 Å². The summed E-state index contributed by atoms with van der Waals surface area (Å²) < 4.78 is 4.82. The highest BCUT2D eigenvalue weighted by Crippen LogP contribution is 2.44. The van der Waals surface area contributed by atoms with Gasteiger partial charge in [-0.25, -0.2) is 0 Å². The molecule has 0 saturated heterocycles. The molecular weight excluding hydrogens is 170 g/mol. The van der Waals surface area contributed by atoms with E-state index in [9.17, 15) is 4.79 Å². The number of carboxylic acids is 1. The molecule has 0 aromatic carbocycles. The third kappa shape index (κ3) is 2.67. The molecule has 4 nitrogen and oxygen atoms in total. The summed E-state index contributed by atoms with van der Waals surface area (Å²) in [5, 5.41) is 11.9. The molecule has 1 aliphatic carbocycles. The lowest BCUT2D eigenvalue weighted by Crippen LogP contribution is -2.42. The summed E-state index contributed by atoms with van der Waals surface area (Å²) in [4.78, 5) is 10.7. The molecule has 1 rings (SSSR count). The smallest absolute Gasteiger partial charge is 0.323 e. The fraction of sp³-hybridized carbons (Fsp3) is 0.889. The lowest BCUT2D eigenvalue weighted by Gasteiger charge is -2.14. The van der Waals surface area contributed by atoms with Crippen LogP contribution in [0.25, 0.3) is 0 Å². The summed E-state index contributed by atoms with van der Waals surface area (Å²) in [7, 11) is 1.51. The largest absolute Gasteiger partial charge is 0.480 e. The predicted molar refractivity (Wildman–Crippen MR) is 48.6 cm³/mol. The highest BCUT2D eigenvalue weighted by molar-refractivity contribution is 5.73. The Balaban J connectivity index is 2.36. The zero-order valence-electron chi connectivity index (χ0n) is 8.33. The summed E-state index contributed by atoms with van der Waals surface area (Å²) in [5.41, 5.74) is 0.251. The van der Waals surface area contributed by atoms with Crippen LogP contribution in [0.3, 0.4) is 0 Å². The molecule has 0 aromatic heterocycles. The minimum atomic E-state index is -0.843. The number of carbonyl (C=O) groups is 1. The molecule has 76 valence electrons. The van der Waals surface area contributed by atoms with Crippen LogP contribution in [0.4, 0.5) is 0 Å². The highest BCUT2D eigenvalue weighted by atomic mass is 16.5. The predicted octanol–water partition coefficient (Wildman–Crippen LogP) is 0.474. The van der Waals surface area contributed by atoms with Gasteiger partial charge in [0.25, 0.3) is 0 Å². The topological polar surface area (TPSA) is 58.6 Å². The first kappa shape index (κ1) is 10.5. The van der Waals surface area contributed by atoms with Crippen LogP contribution in [0.1, 0.15) is 20.3 Å². The van der Waals surface area contributed by atoms with Gasteiger partial charge in [0.1, 0.15) is 6.04 Å². The van der Waals surface area contributed by atoms with Crippen LogP contribution in [-0.4, -0.2) is 36.9 Å². The van der Waals surface area contributed by atoms with Gasteiger partial charge < -0.3 is 9.84 Å². The van der Waals surface area contributed by atoms with E-state index in [1.54, 1.807) is 0 Å². The summed E-state index contributed by atoms with van der Waals surface area (Å²) in [6.07, 6.45) is 1.04. The van der Waals surface area contributed by atoms with Crippen LogP contribution < -0.4 is 5.32 Å². The van der Waals surface area contributed by atoms with Gasteiger partial charge in [0, 0.05) is 13.2 Å². The van der Waals surface area contributed by atoms with Gasteiger partial charge in [0.05, 0.1) is 6.61 Å². The molecule has 1 fully saturated rings. The Hall–Kier alpha value is -0.610. The molecule has 0 radical (unpaired) electrons. The van der Waals surface area contributed by atoms with Crippen LogP contribution >= 0.6 is 0 Å². The van der Waals surface area contributed by atoms with E-state index in [2.05, 4.69) is 19.2 Å². The SMILES string of the molecule is COCC(NC1CC1(C)C)C(=O)O. The van der Waals surface area contributed by atoms with Crippen molar-refractivity contribution in [2.45, 2.75) is 32.4 Å². The van der Waals surface area contributed by atoms with E-state index in [1.165, 1.54) is 7.11 Å². The second kappa shape index (κ2) is 3.64. The molecule has 0 aromatic rings. The molecule has 0 aliphatic heterocycles. The van der Waals surface area contributed by atoms with E-state index in [0.717, 1.165) is 6.42 Å². The molecule has 1 saturated carbocycles. The van der Waals surface area contributed by atoms with E-state index in [-0.39, 0.29) is 12.0 Å². The summed E-state index contributed by atoms with van der Waals surface area (Å²) in [5.74, 6) is -0.843. The fourth-order valence-corrected chi connectivity index (χ4v) is 1.35. The lowest BCUT2D eigenvalue weighted by molar-refractivity contribution is -0.140. The Morgan fingerprint density at radius 3 is 2.62 bits per heavy atom. The number of rotatable bonds is 5. The molecule has 0 bridgehead atoms. The molecule has 0 amide bonds. The number of aliphatic carboxylic acids is 1. The molecule has 2 N–H and O–H groups in total. The van der Waals surface area contributed by atoms with Gasteiger partial charge in [0.2, 0.25) is 0 Å². The average Bonchev–Trinajstić information content (AvgIpc) is 2.58. The first-order valence-corrected chi connectivity index (χ1v) is 4.45. The molecule has 13 heavy (non-hydrogen) atoms. The van der Waals surface area contributed by atoms with Crippen LogP contribution in [0.5, 0.6) is 0 Å². The second-order valence-electron chi connectivity index (χ2n) is 4.26. The molecule has 2 unspecified atom stereocenters. The van der Waals surface area contributed by atoms with E-state index >= 15 is 0 Å². The summed E-state index contributed by atoms with van der Waals surface area (Å²) >= 11 is 0. The molecular formula is C9H17NO3. The van der Waals surface area contributed by atoms with Gasteiger partial charge in [-0.2, -0.15) is 0 Å². The first-order valence-electron chi connectivity index (χ1n) is 4.45. The van der Waals surface area contributed by atoms with Crippen LogP contribution in [0, 0.1) is 5.41 Å². The highest BCUT2D eigenvalue weighted by Gasteiger charge is 2.47. The van der Waals surface area contributed by atoms with E-state index in [0.29, 0.717) is 6.04 Å². The second-order valence-corrected chi connectivity index (χ2v) is 4.26. The Labute approximate surface area is 78.3 Å². The van der Waals surface area contributed by atoms with Crippen molar-refractivity contribution >= 4 is 5.97 Å². The molecule has 1 aliphatic rings. The van der Waals surface area contributed by atoms with E-state index < -0.39 is 12.0 Å². The molecule has 0 spiro atoms. The van der Waals surface area contributed by atoms with Crippen molar-refractivity contribution in [1.29, 1.82) is 0 Å². The normalized spacial score (nSPS) is 26.8. The molecule has 2 atom stereocenters. The number of ether oxygens (including phenoxy) is 1. The van der Waals surface area contributed by atoms with Gasteiger partial charge in [-0.3, -0.25) is 10.1 Å². The van der Waals surface area contributed by atoms with Crippen molar-refractivity contribution in [3.8, 4) is 0 Å². The Morgan fingerprint density at radius 1 is 1.77 bits per heavy atom. The van der Waals surface area contributed by atoms with E-state index in [4.69, 9.17) is 9.84 Å². The maximum Gasteiger partial charge on any atom is 0.323 e. The molecule has 0 heterocycles. The zero-order chi connectivity index (χ0) is 10.1. The monoisotopic (exact) mass is 187 g/mol.